The molecule has 0 atom stereocenters. The van der Waals surface area contributed by atoms with Gasteiger partial charge in [-0.3, -0.25) is 0 Å². The van der Waals surface area contributed by atoms with Gasteiger partial charge in [0.15, 0.2) is 6.61 Å². The van der Waals surface area contributed by atoms with Crippen LogP contribution < -0.4 is 4.74 Å². The Morgan fingerprint density at radius 3 is 2.83 bits per heavy atom. The third-order valence-corrected chi connectivity index (χ3v) is 4.37. The quantitative estimate of drug-likeness (QED) is 0.780. The van der Waals surface area contributed by atoms with Gasteiger partial charge in [-0.05, 0) is 22.6 Å². The highest BCUT2D eigenvalue weighted by molar-refractivity contribution is 14.1. The lowest BCUT2D eigenvalue weighted by Crippen LogP contribution is -1.94. The van der Waals surface area contributed by atoms with Gasteiger partial charge in [0.1, 0.15) is 11.8 Å². The van der Waals surface area contributed by atoms with Crippen molar-refractivity contribution in [3.8, 4) is 11.8 Å². The lowest BCUT2D eigenvalue weighted by atomic mass is 10.2. The van der Waals surface area contributed by atoms with Gasteiger partial charge in [-0.2, -0.15) is 5.26 Å². The van der Waals surface area contributed by atoms with Gasteiger partial charge >= 0.3 is 0 Å². The Morgan fingerprint density at radius 1 is 1.50 bits per heavy atom. The maximum Gasteiger partial charge on any atom is 0.174 e. The number of halogens is 3. The Balaban J connectivity index is 2.74. The molecule has 0 aliphatic heterocycles. The molecule has 0 saturated carbocycles. The largest absolute Gasteiger partial charge is 0.478 e. The van der Waals surface area contributed by atoms with E-state index in [-0.39, 0.29) is 13.2 Å². The van der Waals surface area contributed by atoms with Crippen molar-refractivity contribution in [1.29, 1.82) is 5.26 Å². The number of nitriles is 1. The fourth-order valence-corrected chi connectivity index (χ4v) is 2.86. The van der Waals surface area contributed by atoms with Gasteiger partial charge < -0.3 is 14.8 Å². The second-order valence-corrected chi connectivity index (χ2v) is 5.31. The third kappa shape index (κ3) is 2.26. The molecule has 1 aromatic heterocycles. The first-order valence-electron chi connectivity index (χ1n) is 4.88. The van der Waals surface area contributed by atoms with Crippen molar-refractivity contribution in [1.82, 2.24) is 4.98 Å². The molecule has 2 rings (SSSR count). The second-order valence-electron chi connectivity index (χ2n) is 3.44. The standard InChI is InChI=1S/C11H7Cl2IN2O2/c12-5-3-7(18-2-1-15)8-10(14)6(4-17)16-11(8)9(5)13/h3,16-17H,2,4H2. The van der Waals surface area contributed by atoms with E-state index in [9.17, 15) is 5.11 Å². The summed E-state index contributed by atoms with van der Waals surface area (Å²) < 4.78 is 6.13. The molecule has 0 radical (unpaired) electrons. The number of ether oxygens (including phenoxy) is 1. The summed E-state index contributed by atoms with van der Waals surface area (Å²) in [5.41, 5.74) is 1.24. The van der Waals surface area contributed by atoms with Crippen LogP contribution in [0, 0.1) is 14.9 Å². The summed E-state index contributed by atoms with van der Waals surface area (Å²) in [5, 5.41) is 19.2. The fraction of sp³-hybridized carbons (Fsp3) is 0.182. The summed E-state index contributed by atoms with van der Waals surface area (Å²) in [6.07, 6.45) is 0. The molecule has 4 nitrogen and oxygen atoms in total. The molecule has 18 heavy (non-hydrogen) atoms. The van der Waals surface area contributed by atoms with E-state index in [4.69, 9.17) is 33.2 Å². The molecule has 94 valence electrons. The van der Waals surface area contributed by atoms with Crippen molar-refractivity contribution in [3.63, 3.8) is 0 Å². The Hall–Kier alpha value is -0.680. The van der Waals surface area contributed by atoms with Gasteiger partial charge in [0.05, 0.1) is 33.2 Å². The maximum atomic E-state index is 9.24. The highest BCUT2D eigenvalue weighted by Crippen LogP contribution is 2.40. The summed E-state index contributed by atoms with van der Waals surface area (Å²) >= 11 is 14.2. The van der Waals surface area contributed by atoms with E-state index in [1.807, 2.05) is 6.07 Å². The third-order valence-electron chi connectivity index (χ3n) is 2.39. The number of aromatic amines is 1. The molecule has 0 aliphatic rings. The van der Waals surface area contributed by atoms with Crippen LogP contribution >= 0.6 is 45.8 Å². The zero-order valence-corrected chi connectivity index (χ0v) is 12.6. The number of fused-ring (bicyclic) bond motifs is 1. The van der Waals surface area contributed by atoms with E-state index in [1.54, 1.807) is 6.07 Å². The summed E-state index contributed by atoms with van der Waals surface area (Å²) in [5.74, 6) is 0.473. The van der Waals surface area contributed by atoms with Crippen LogP contribution in [0.25, 0.3) is 10.9 Å². The maximum absolute atomic E-state index is 9.24. The molecule has 1 aromatic carbocycles. The first kappa shape index (κ1) is 13.7. The van der Waals surface area contributed by atoms with Crippen LogP contribution in [0.1, 0.15) is 5.69 Å². The normalized spacial score (nSPS) is 10.6. The summed E-state index contributed by atoms with van der Waals surface area (Å²) in [6.45, 7) is -0.221. The fourth-order valence-electron chi connectivity index (χ4n) is 1.63. The summed E-state index contributed by atoms with van der Waals surface area (Å²) in [7, 11) is 0. The minimum atomic E-state index is -0.140. The Labute approximate surface area is 127 Å². The summed E-state index contributed by atoms with van der Waals surface area (Å²) in [6, 6.07) is 3.47. The minimum Gasteiger partial charge on any atom is -0.478 e. The smallest absolute Gasteiger partial charge is 0.174 e. The van der Waals surface area contributed by atoms with Crippen LogP contribution in [0.2, 0.25) is 10.0 Å². The van der Waals surface area contributed by atoms with Gasteiger partial charge in [-0.25, -0.2) is 0 Å². The first-order valence-corrected chi connectivity index (χ1v) is 6.72. The van der Waals surface area contributed by atoms with Gasteiger partial charge in [0.25, 0.3) is 0 Å². The molecular weight excluding hydrogens is 390 g/mol. The molecule has 0 aliphatic carbocycles. The average Bonchev–Trinajstić information content (AvgIpc) is 2.70. The molecule has 7 heteroatoms. The van der Waals surface area contributed by atoms with E-state index in [0.29, 0.717) is 27.0 Å². The van der Waals surface area contributed by atoms with E-state index in [1.165, 1.54) is 0 Å². The number of benzene rings is 1. The van der Waals surface area contributed by atoms with Crippen molar-refractivity contribution >= 4 is 56.7 Å². The Morgan fingerprint density at radius 2 is 2.22 bits per heavy atom. The zero-order valence-electron chi connectivity index (χ0n) is 8.93. The molecule has 2 aromatic rings. The Bertz CT molecular complexity index is 649. The first-order chi connectivity index (χ1) is 8.60. The van der Waals surface area contributed by atoms with Crippen molar-refractivity contribution in [2.24, 2.45) is 0 Å². The van der Waals surface area contributed by atoms with Crippen LogP contribution in [-0.2, 0) is 6.61 Å². The number of aliphatic hydroxyl groups excluding tert-OH is 1. The van der Waals surface area contributed by atoms with Crippen LogP contribution in [0.15, 0.2) is 6.07 Å². The summed E-state index contributed by atoms with van der Waals surface area (Å²) in [4.78, 5) is 3.00. The van der Waals surface area contributed by atoms with Crippen LogP contribution in [0.5, 0.6) is 5.75 Å². The number of hydrogen-bond donors (Lipinski definition) is 2. The van der Waals surface area contributed by atoms with E-state index < -0.39 is 0 Å². The lowest BCUT2D eigenvalue weighted by molar-refractivity contribution is 0.277. The number of hydrogen-bond acceptors (Lipinski definition) is 3. The van der Waals surface area contributed by atoms with Crippen molar-refractivity contribution in [2.75, 3.05) is 6.61 Å². The Kier molecular flexibility index (Phi) is 4.22. The monoisotopic (exact) mass is 396 g/mol. The highest BCUT2D eigenvalue weighted by atomic mass is 127. The number of aromatic nitrogens is 1. The van der Waals surface area contributed by atoms with Gasteiger partial charge in [0.2, 0.25) is 0 Å². The molecule has 1 heterocycles. The molecule has 0 unspecified atom stereocenters. The van der Waals surface area contributed by atoms with Crippen molar-refractivity contribution in [2.45, 2.75) is 6.61 Å². The van der Waals surface area contributed by atoms with Gasteiger partial charge in [0, 0.05) is 9.64 Å². The van der Waals surface area contributed by atoms with Crippen LogP contribution in [-0.4, -0.2) is 16.7 Å². The molecular formula is C11H7Cl2IN2O2. The molecule has 0 saturated heterocycles. The number of aliphatic hydroxyl groups is 1. The van der Waals surface area contributed by atoms with E-state index in [2.05, 4.69) is 27.6 Å². The lowest BCUT2D eigenvalue weighted by Gasteiger charge is -2.06. The molecule has 0 amide bonds. The van der Waals surface area contributed by atoms with Crippen molar-refractivity contribution < 1.29 is 9.84 Å². The molecule has 0 spiro atoms. The molecule has 0 bridgehead atoms. The molecule has 0 fully saturated rings. The van der Waals surface area contributed by atoms with E-state index in [0.717, 1.165) is 8.96 Å². The van der Waals surface area contributed by atoms with E-state index >= 15 is 0 Å². The predicted molar refractivity (Wildman–Crippen MR) is 78.1 cm³/mol. The van der Waals surface area contributed by atoms with Crippen LogP contribution in [0.3, 0.4) is 0 Å². The number of nitrogens with zero attached hydrogens (tertiary/aromatic N) is 1. The SMILES string of the molecule is N#CCOc1cc(Cl)c(Cl)c2[nH]c(CO)c(I)c12. The second kappa shape index (κ2) is 5.53. The average molecular weight is 397 g/mol. The molecule has 2 N–H and O–H groups in total. The minimum absolute atomic E-state index is 0.0806. The number of nitrogens with one attached hydrogen (secondary N) is 1. The van der Waals surface area contributed by atoms with Gasteiger partial charge in [-0.15, -0.1) is 0 Å². The highest BCUT2D eigenvalue weighted by Gasteiger charge is 2.18. The topological polar surface area (TPSA) is 69.0 Å². The predicted octanol–water partition coefficient (Wildman–Crippen LogP) is 3.47. The van der Waals surface area contributed by atoms with Gasteiger partial charge in [-0.1, -0.05) is 23.2 Å². The van der Waals surface area contributed by atoms with Crippen LogP contribution in [0.4, 0.5) is 0 Å². The van der Waals surface area contributed by atoms with Crippen molar-refractivity contribution in [3.05, 3.63) is 25.4 Å². The number of H-pyrrole nitrogens is 1. The zero-order chi connectivity index (χ0) is 13.3. The number of rotatable bonds is 3.